The minimum absolute atomic E-state index is 0.0426. The summed E-state index contributed by atoms with van der Waals surface area (Å²) < 4.78 is 13.4. The maximum Gasteiger partial charge on any atom is 0.272 e. The molecule has 1 amide bonds. The number of aromatic nitrogens is 2. The lowest BCUT2D eigenvalue weighted by Gasteiger charge is -2.32. The Morgan fingerprint density at radius 1 is 1.15 bits per heavy atom. The highest BCUT2D eigenvalue weighted by molar-refractivity contribution is 5.92. The van der Waals surface area contributed by atoms with E-state index >= 15 is 0 Å². The zero-order chi connectivity index (χ0) is 18.1. The molecule has 0 atom stereocenters. The number of amides is 1. The van der Waals surface area contributed by atoms with Crippen LogP contribution in [0.4, 0.5) is 10.1 Å². The van der Waals surface area contributed by atoms with Crippen molar-refractivity contribution in [3.8, 4) is 0 Å². The van der Waals surface area contributed by atoms with E-state index in [2.05, 4.69) is 9.97 Å². The van der Waals surface area contributed by atoms with Gasteiger partial charge in [-0.25, -0.2) is 4.39 Å². The van der Waals surface area contributed by atoms with E-state index in [4.69, 9.17) is 5.73 Å². The molecule has 2 aromatic heterocycles. The molecule has 3 heterocycles. The van der Waals surface area contributed by atoms with Gasteiger partial charge < -0.3 is 10.6 Å². The van der Waals surface area contributed by atoms with Crippen molar-refractivity contribution in [3.05, 3.63) is 65.9 Å². The largest absolute Gasteiger partial charge is 0.397 e. The second-order valence-corrected chi connectivity index (χ2v) is 6.58. The smallest absolute Gasteiger partial charge is 0.272 e. The number of likely N-dealkylation sites (tertiary alicyclic amines) is 1. The first-order chi connectivity index (χ1) is 12.6. The van der Waals surface area contributed by atoms with E-state index in [9.17, 15) is 9.18 Å². The van der Waals surface area contributed by atoms with Gasteiger partial charge in [-0.3, -0.25) is 14.8 Å². The van der Waals surface area contributed by atoms with Crippen molar-refractivity contribution in [1.29, 1.82) is 0 Å². The number of pyridine rings is 2. The van der Waals surface area contributed by atoms with Gasteiger partial charge in [0.05, 0.1) is 16.9 Å². The minimum Gasteiger partial charge on any atom is -0.397 e. The molecule has 0 bridgehead atoms. The zero-order valence-electron chi connectivity index (χ0n) is 14.2. The summed E-state index contributed by atoms with van der Waals surface area (Å²) in [5.41, 5.74) is 8.81. The van der Waals surface area contributed by atoms with Crippen LogP contribution in [-0.2, 0) is 0 Å². The first-order valence-corrected chi connectivity index (χ1v) is 8.68. The van der Waals surface area contributed by atoms with Crippen LogP contribution < -0.4 is 5.73 Å². The number of fused-ring (bicyclic) bond motifs is 1. The fraction of sp³-hybridized carbons (Fsp3) is 0.250. The lowest BCUT2D eigenvalue weighted by molar-refractivity contribution is 0.0706. The normalized spacial score (nSPS) is 15.3. The van der Waals surface area contributed by atoms with E-state index in [-0.39, 0.29) is 17.6 Å². The average molecular weight is 350 g/mol. The lowest BCUT2D eigenvalue weighted by atomic mass is 9.91. The van der Waals surface area contributed by atoms with Gasteiger partial charge in [-0.05, 0) is 49.2 Å². The number of nitrogen functional groups attached to an aromatic ring is 1. The van der Waals surface area contributed by atoms with E-state index in [1.807, 2.05) is 11.0 Å². The first kappa shape index (κ1) is 16.4. The predicted molar refractivity (Wildman–Crippen MR) is 98.2 cm³/mol. The molecule has 0 radical (unpaired) electrons. The maximum atomic E-state index is 13.4. The molecule has 3 aromatic rings. The third-order valence-corrected chi connectivity index (χ3v) is 4.89. The van der Waals surface area contributed by atoms with Crippen molar-refractivity contribution in [1.82, 2.24) is 14.9 Å². The summed E-state index contributed by atoms with van der Waals surface area (Å²) in [6.45, 7) is 1.28. The zero-order valence-corrected chi connectivity index (χ0v) is 14.2. The average Bonchev–Trinajstić information content (AvgIpc) is 2.68. The van der Waals surface area contributed by atoms with Crippen LogP contribution in [0.1, 0.15) is 34.9 Å². The summed E-state index contributed by atoms with van der Waals surface area (Å²) in [5.74, 6) is -0.149. The standard InChI is InChI=1S/C20H19FN4O/c21-15-4-5-17-14(11-15)12-16(22)19(24-17)13-6-9-25(10-7-13)20(26)18-3-1-2-8-23-18/h1-5,8,11-13H,6-7,9-10,22H2. The summed E-state index contributed by atoms with van der Waals surface area (Å²) in [4.78, 5) is 23.1. The summed E-state index contributed by atoms with van der Waals surface area (Å²) in [6, 6.07) is 11.6. The summed E-state index contributed by atoms with van der Waals surface area (Å²) in [7, 11) is 0. The Morgan fingerprint density at radius 3 is 2.69 bits per heavy atom. The third kappa shape index (κ3) is 3.10. The molecule has 0 unspecified atom stereocenters. The molecule has 26 heavy (non-hydrogen) atoms. The molecule has 1 fully saturated rings. The van der Waals surface area contributed by atoms with Crippen molar-refractivity contribution in [2.75, 3.05) is 18.8 Å². The molecule has 1 aliphatic heterocycles. The van der Waals surface area contributed by atoms with Crippen molar-refractivity contribution >= 4 is 22.5 Å². The molecular formula is C20H19FN4O. The van der Waals surface area contributed by atoms with Gasteiger partial charge in [-0.15, -0.1) is 0 Å². The SMILES string of the molecule is Nc1cc2cc(F)ccc2nc1C1CCN(C(=O)c2ccccn2)CC1. The van der Waals surface area contributed by atoms with Gasteiger partial charge in [0.25, 0.3) is 5.91 Å². The van der Waals surface area contributed by atoms with Crippen molar-refractivity contribution in [3.63, 3.8) is 0 Å². The Hall–Kier alpha value is -3.02. The Morgan fingerprint density at radius 2 is 1.96 bits per heavy atom. The number of rotatable bonds is 2. The van der Waals surface area contributed by atoms with Gasteiger partial charge in [-0.1, -0.05) is 6.07 Å². The molecular weight excluding hydrogens is 331 g/mol. The van der Waals surface area contributed by atoms with Crippen molar-refractivity contribution < 1.29 is 9.18 Å². The number of carbonyl (C=O) groups excluding carboxylic acids is 1. The number of nitrogens with two attached hydrogens (primary N) is 1. The van der Waals surface area contributed by atoms with E-state index in [1.165, 1.54) is 12.1 Å². The monoisotopic (exact) mass is 350 g/mol. The van der Waals surface area contributed by atoms with E-state index in [1.54, 1.807) is 30.5 Å². The fourth-order valence-corrected chi connectivity index (χ4v) is 3.51. The van der Waals surface area contributed by atoms with E-state index in [0.717, 1.165) is 24.1 Å². The fourth-order valence-electron chi connectivity index (χ4n) is 3.51. The van der Waals surface area contributed by atoms with Crippen LogP contribution in [0.3, 0.4) is 0 Å². The summed E-state index contributed by atoms with van der Waals surface area (Å²) >= 11 is 0. The van der Waals surface area contributed by atoms with Gasteiger partial charge in [0, 0.05) is 30.6 Å². The number of piperidine rings is 1. The van der Waals surface area contributed by atoms with Crippen LogP contribution in [0.25, 0.3) is 10.9 Å². The molecule has 1 aliphatic rings. The Balaban J connectivity index is 1.51. The highest BCUT2D eigenvalue weighted by Gasteiger charge is 2.27. The molecule has 2 N–H and O–H groups in total. The molecule has 0 saturated carbocycles. The summed E-state index contributed by atoms with van der Waals surface area (Å²) in [6.07, 6.45) is 3.22. The number of anilines is 1. The first-order valence-electron chi connectivity index (χ1n) is 8.68. The van der Waals surface area contributed by atoms with Gasteiger partial charge in [0.1, 0.15) is 11.5 Å². The quantitative estimate of drug-likeness (QED) is 0.769. The Kier molecular flexibility index (Phi) is 4.24. The number of benzene rings is 1. The van der Waals surface area contributed by atoms with E-state index in [0.29, 0.717) is 29.9 Å². The molecule has 5 nitrogen and oxygen atoms in total. The molecule has 132 valence electrons. The van der Waals surface area contributed by atoms with Crippen LogP contribution in [0, 0.1) is 5.82 Å². The molecule has 6 heteroatoms. The number of hydrogen-bond donors (Lipinski definition) is 1. The van der Waals surface area contributed by atoms with Crippen LogP contribution in [-0.4, -0.2) is 33.9 Å². The minimum atomic E-state index is -0.298. The van der Waals surface area contributed by atoms with Crippen LogP contribution in [0.2, 0.25) is 0 Å². The maximum absolute atomic E-state index is 13.4. The second-order valence-electron chi connectivity index (χ2n) is 6.58. The number of hydrogen-bond acceptors (Lipinski definition) is 4. The number of carbonyl (C=O) groups is 1. The van der Waals surface area contributed by atoms with Crippen molar-refractivity contribution in [2.45, 2.75) is 18.8 Å². The Labute approximate surface area is 150 Å². The van der Waals surface area contributed by atoms with Gasteiger partial charge >= 0.3 is 0 Å². The molecule has 0 aliphatic carbocycles. The van der Waals surface area contributed by atoms with Gasteiger partial charge in [0.15, 0.2) is 0 Å². The topological polar surface area (TPSA) is 72.1 Å². The summed E-state index contributed by atoms with van der Waals surface area (Å²) in [5, 5.41) is 0.703. The lowest BCUT2D eigenvalue weighted by Crippen LogP contribution is -2.38. The highest BCUT2D eigenvalue weighted by Crippen LogP contribution is 2.32. The van der Waals surface area contributed by atoms with Gasteiger partial charge in [-0.2, -0.15) is 0 Å². The molecule has 1 aromatic carbocycles. The number of nitrogens with zero attached hydrogens (tertiary/aromatic N) is 3. The highest BCUT2D eigenvalue weighted by atomic mass is 19.1. The molecule has 4 rings (SSSR count). The number of halogens is 1. The predicted octanol–water partition coefficient (Wildman–Crippen LogP) is 3.37. The van der Waals surface area contributed by atoms with Crippen LogP contribution >= 0.6 is 0 Å². The van der Waals surface area contributed by atoms with Crippen LogP contribution in [0.15, 0.2) is 48.7 Å². The Bertz CT molecular complexity index is 953. The van der Waals surface area contributed by atoms with Crippen LogP contribution in [0.5, 0.6) is 0 Å². The molecule has 1 saturated heterocycles. The third-order valence-electron chi connectivity index (χ3n) is 4.89. The van der Waals surface area contributed by atoms with Gasteiger partial charge in [0.2, 0.25) is 0 Å². The molecule has 0 spiro atoms. The van der Waals surface area contributed by atoms with E-state index < -0.39 is 0 Å². The second kappa shape index (κ2) is 6.71. The van der Waals surface area contributed by atoms with Crippen molar-refractivity contribution in [2.24, 2.45) is 0 Å².